The summed E-state index contributed by atoms with van der Waals surface area (Å²) in [6, 6.07) is 8.56. The third-order valence-electron chi connectivity index (χ3n) is 5.33. The summed E-state index contributed by atoms with van der Waals surface area (Å²) >= 11 is 0. The van der Waals surface area contributed by atoms with Crippen LogP contribution in [0.25, 0.3) is 0 Å². The molecular weight excluding hydrogens is 390 g/mol. The van der Waals surface area contributed by atoms with Gasteiger partial charge in [-0.25, -0.2) is 13.2 Å². The van der Waals surface area contributed by atoms with Gasteiger partial charge in [0.15, 0.2) is 6.10 Å². The lowest BCUT2D eigenvalue weighted by molar-refractivity contribution is 0.0318. The van der Waals surface area contributed by atoms with Crippen LogP contribution in [0.4, 0.5) is 5.69 Å². The van der Waals surface area contributed by atoms with E-state index in [0.29, 0.717) is 29.8 Å². The molecule has 3 rings (SSSR count). The summed E-state index contributed by atoms with van der Waals surface area (Å²) in [5, 5.41) is 0. The van der Waals surface area contributed by atoms with E-state index in [9.17, 15) is 18.0 Å². The highest BCUT2D eigenvalue weighted by Gasteiger charge is 2.28. The predicted molar refractivity (Wildman–Crippen MR) is 112 cm³/mol. The van der Waals surface area contributed by atoms with E-state index in [1.54, 1.807) is 19.1 Å². The first kappa shape index (κ1) is 21.0. The van der Waals surface area contributed by atoms with Gasteiger partial charge in [-0.2, -0.15) is 0 Å². The van der Waals surface area contributed by atoms with E-state index in [-0.39, 0.29) is 5.78 Å². The maximum atomic E-state index is 12.8. The van der Waals surface area contributed by atoms with Gasteiger partial charge in [-0.1, -0.05) is 6.07 Å². The number of aryl methyl sites for hydroxylation is 3. The van der Waals surface area contributed by atoms with Crippen molar-refractivity contribution in [2.45, 2.75) is 40.2 Å². The van der Waals surface area contributed by atoms with Gasteiger partial charge in [0.05, 0.1) is 17.5 Å². The van der Waals surface area contributed by atoms with Crippen LogP contribution in [0.2, 0.25) is 0 Å². The number of carbonyl (C=O) groups excluding carboxylic acids is 2. The highest BCUT2D eigenvalue weighted by atomic mass is 32.2. The molecule has 0 radical (unpaired) electrons. The Balaban J connectivity index is 1.77. The minimum Gasteiger partial charge on any atom is -0.451 e. The Hall–Kier alpha value is -2.67. The molecule has 29 heavy (non-hydrogen) atoms. The molecule has 0 saturated heterocycles. The minimum absolute atomic E-state index is 0.247. The second-order valence-corrected chi connectivity index (χ2v) is 9.50. The smallest absolute Gasteiger partial charge is 0.338 e. The summed E-state index contributed by atoms with van der Waals surface area (Å²) in [5.41, 5.74) is 5.16. The van der Waals surface area contributed by atoms with Gasteiger partial charge in [0.1, 0.15) is 0 Å². The maximum Gasteiger partial charge on any atom is 0.338 e. The Morgan fingerprint density at radius 2 is 1.69 bits per heavy atom. The monoisotopic (exact) mass is 415 g/mol. The molecule has 2 aromatic carbocycles. The average Bonchev–Trinajstić information content (AvgIpc) is 3.07. The summed E-state index contributed by atoms with van der Waals surface area (Å²) in [7, 11) is -3.35. The van der Waals surface area contributed by atoms with Crippen molar-refractivity contribution in [2.24, 2.45) is 0 Å². The molecule has 1 aliphatic rings. The SMILES string of the molecule is Cc1cc(C)c(C(=O)C(C)OC(=O)c2ccc3c(c2)CCN3S(C)(=O)=O)cc1C. The second-order valence-electron chi connectivity index (χ2n) is 7.59. The molecule has 0 amide bonds. The van der Waals surface area contributed by atoms with Crippen LogP contribution in [0.1, 0.15) is 49.9 Å². The Kier molecular flexibility index (Phi) is 5.54. The van der Waals surface area contributed by atoms with E-state index in [4.69, 9.17) is 4.74 Å². The maximum absolute atomic E-state index is 12.8. The molecule has 7 heteroatoms. The largest absolute Gasteiger partial charge is 0.451 e. The highest BCUT2D eigenvalue weighted by molar-refractivity contribution is 7.92. The molecule has 0 bridgehead atoms. The standard InChI is InChI=1S/C22H25NO5S/c1-13-10-15(3)19(11-14(13)2)21(24)16(4)28-22(25)18-6-7-20-17(12-18)8-9-23(20)29(5,26)27/h6-7,10-12,16H,8-9H2,1-5H3. The number of sulfonamides is 1. The number of Topliss-reactive ketones (excluding diaryl/α,β-unsaturated/α-hetero) is 1. The number of fused-ring (bicyclic) bond motifs is 1. The number of ether oxygens (including phenoxy) is 1. The molecule has 154 valence electrons. The molecule has 1 atom stereocenters. The number of anilines is 1. The third-order valence-corrected chi connectivity index (χ3v) is 6.51. The number of carbonyl (C=O) groups is 2. The fraction of sp³-hybridized carbons (Fsp3) is 0.364. The average molecular weight is 416 g/mol. The van der Waals surface area contributed by atoms with Gasteiger partial charge in [0.2, 0.25) is 15.8 Å². The molecule has 1 unspecified atom stereocenters. The molecule has 1 heterocycles. The van der Waals surface area contributed by atoms with Crippen molar-refractivity contribution in [3.8, 4) is 0 Å². The lowest BCUT2D eigenvalue weighted by atomic mass is 9.96. The molecule has 0 fully saturated rings. The molecule has 2 aromatic rings. The van der Waals surface area contributed by atoms with Crippen LogP contribution < -0.4 is 4.31 Å². The van der Waals surface area contributed by atoms with Crippen LogP contribution in [0, 0.1) is 20.8 Å². The van der Waals surface area contributed by atoms with Crippen molar-refractivity contribution in [1.82, 2.24) is 0 Å². The van der Waals surface area contributed by atoms with E-state index in [2.05, 4.69) is 0 Å². The van der Waals surface area contributed by atoms with Crippen LogP contribution in [0.5, 0.6) is 0 Å². The van der Waals surface area contributed by atoms with Gasteiger partial charge in [0.25, 0.3) is 0 Å². The second kappa shape index (κ2) is 7.63. The van der Waals surface area contributed by atoms with Gasteiger partial charge in [-0.15, -0.1) is 0 Å². The molecule has 0 aliphatic carbocycles. The predicted octanol–water partition coefficient (Wildman–Crippen LogP) is 3.36. The van der Waals surface area contributed by atoms with Crippen molar-refractivity contribution in [2.75, 3.05) is 17.1 Å². The number of esters is 1. The number of nitrogens with zero attached hydrogens (tertiary/aromatic N) is 1. The van der Waals surface area contributed by atoms with E-state index in [1.807, 2.05) is 32.9 Å². The normalized spacial score (nSPS) is 14.4. The third kappa shape index (κ3) is 4.19. The topological polar surface area (TPSA) is 80.8 Å². The molecule has 6 nitrogen and oxygen atoms in total. The van der Waals surface area contributed by atoms with Gasteiger partial charge < -0.3 is 4.74 Å². The number of ketones is 1. The first-order chi connectivity index (χ1) is 13.5. The van der Waals surface area contributed by atoms with E-state index >= 15 is 0 Å². The van der Waals surface area contributed by atoms with Gasteiger partial charge >= 0.3 is 5.97 Å². The van der Waals surface area contributed by atoms with Crippen LogP contribution in [0.15, 0.2) is 30.3 Å². The zero-order valence-corrected chi connectivity index (χ0v) is 18.1. The van der Waals surface area contributed by atoms with Crippen molar-refractivity contribution in [1.29, 1.82) is 0 Å². The molecule has 0 saturated carbocycles. The summed E-state index contributed by atoms with van der Waals surface area (Å²) in [6.07, 6.45) is 0.760. The minimum atomic E-state index is -3.35. The zero-order valence-electron chi connectivity index (χ0n) is 17.3. The van der Waals surface area contributed by atoms with Crippen molar-refractivity contribution >= 4 is 27.5 Å². The summed E-state index contributed by atoms with van der Waals surface area (Å²) in [6.45, 7) is 7.70. The molecule has 1 aliphatic heterocycles. The van der Waals surface area contributed by atoms with Crippen molar-refractivity contribution in [3.05, 3.63) is 63.7 Å². The van der Waals surface area contributed by atoms with Gasteiger partial charge in [-0.05, 0) is 80.6 Å². The number of hydrogen-bond acceptors (Lipinski definition) is 5. The summed E-state index contributed by atoms with van der Waals surface area (Å²) in [5.74, 6) is -0.851. The van der Waals surface area contributed by atoms with Crippen LogP contribution in [-0.2, 0) is 21.2 Å². The number of benzene rings is 2. The molecular formula is C22H25NO5S. The Bertz CT molecular complexity index is 1100. The number of rotatable bonds is 5. The number of hydrogen-bond donors (Lipinski definition) is 0. The van der Waals surface area contributed by atoms with Crippen molar-refractivity contribution < 1.29 is 22.7 Å². The van der Waals surface area contributed by atoms with Gasteiger partial charge in [-0.3, -0.25) is 9.10 Å². The van der Waals surface area contributed by atoms with Crippen LogP contribution in [0.3, 0.4) is 0 Å². The molecule has 0 aromatic heterocycles. The Morgan fingerprint density at radius 1 is 1.03 bits per heavy atom. The fourth-order valence-corrected chi connectivity index (χ4v) is 4.53. The lowest BCUT2D eigenvalue weighted by Gasteiger charge is -2.17. The lowest BCUT2D eigenvalue weighted by Crippen LogP contribution is -2.27. The Labute approximate surface area is 171 Å². The van der Waals surface area contributed by atoms with Gasteiger partial charge in [0, 0.05) is 12.1 Å². The van der Waals surface area contributed by atoms with E-state index in [0.717, 1.165) is 28.5 Å². The first-order valence-corrected chi connectivity index (χ1v) is 11.3. The summed E-state index contributed by atoms with van der Waals surface area (Å²) < 4.78 is 30.4. The van der Waals surface area contributed by atoms with Crippen LogP contribution >= 0.6 is 0 Å². The zero-order chi connectivity index (χ0) is 21.5. The van der Waals surface area contributed by atoms with Crippen LogP contribution in [-0.4, -0.2) is 39.1 Å². The molecule has 0 spiro atoms. The first-order valence-electron chi connectivity index (χ1n) is 9.42. The van der Waals surface area contributed by atoms with E-state index in [1.165, 1.54) is 10.4 Å². The quantitative estimate of drug-likeness (QED) is 0.553. The fourth-order valence-electron chi connectivity index (χ4n) is 3.57. The van der Waals surface area contributed by atoms with Crippen molar-refractivity contribution in [3.63, 3.8) is 0 Å². The highest BCUT2D eigenvalue weighted by Crippen LogP contribution is 2.31. The van der Waals surface area contributed by atoms with E-state index < -0.39 is 22.1 Å². The Morgan fingerprint density at radius 3 is 2.34 bits per heavy atom. The summed E-state index contributed by atoms with van der Waals surface area (Å²) in [4.78, 5) is 25.4. The molecule has 0 N–H and O–H groups in total.